The summed E-state index contributed by atoms with van der Waals surface area (Å²) in [5.74, 6) is 0. The van der Waals surface area contributed by atoms with Crippen molar-refractivity contribution >= 4 is 32.1 Å². The highest BCUT2D eigenvalue weighted by atomic mass is 31.0. The topological polar surface area (TPSA) is 38.4 Å². The highest BCUT2D eigenvalue weighted by Crippen LogP contribution is 2.17. The SMILES string of the molecule is C/C=C(\N=C/CCC)c1ccc(N)c(P)c1. The molecule has 0 saturated carbocycles. The maximum absolute atomic E-state index is 5.77. The van der Waals surface area contributed by atoms with Gasteiger partial charge in [-0.25, -0.2) is 0 Å². The molecule has 0 spiro atoms. The van der Waals surface area contributed by atoms with E-state index in [1.807, 2.05) is 37.4 Å². The fourth-order valence-corrected chi connectivity index (χ4v) is 1.62. The summed E-state index contributed by atoms with van der Waals surface area (Å²) >= 11 is 0. The van der Waals surface area contributed by atoms with Crippen molar-refractivity contribution < 1.29 is 0 Å². The van der Waals surface area contributed by atoms with E-state index in [4.69, 9.17) is 5.73 Å². The molecule has 16 heavy (non-hydrogen) atoms. The first kappa shape index (κ1) is 12.9. The number of hydrogen-bond donors (Lipinski definition) is 1. The zero-order valence-corrected chi connectivity index (χ0v) is 11.1. The number of nitrogen functional groups attached to an aromatic ring is 1. The molecule has 2 N–H and O–H groups in total. The fourth-order valence-electron chi connectivity index (χ4n) is 1.34. The number of allylic oxidation sites excluding steroid dienone is 1. The number of hydrogen-bond acceptors (Lipinski definition) is 2. The first-order valence-corrected chi connectivity index (χ1v) is 6.11. The van der Waals surface area contributed by atoms with Gasteiger partial charge < -0.3 is 5.73 Å². The van der Waals surface area contributed by atoms with Crippen LogP contribution in [0.4, 0.5) is 5.69 Å². The largest absolute Gasteiger partial charge is 0.398 e. The van der Waals surface area contributed by atoms with Gasteiger partial charge in [0.1, 0.15) is 0 Å². The summed E-state index contributed by atoms with van der Waals surface area (Å²) < 4.78 is 0. The molecule has 0 saturated heterocycles. The number of unbranched alkanes of at least 4 members (excludes halogenated alkanes) is 1. The molecule has 0 bridgehead atoms. The first-order valence-electron chi connectivity index (χ1n) is 5.53. The van der Waals surface area contributed by atoms with Gasteiger partial charge in [0.15, 0.2) is 0 Å². The zero-order chi connectivity index (χ0) is 12.0. The number of aliphatic imine (C=N–C) groups is 1. The van der Waals surface area contributed by atoms with Crippen LogP contribution in [-0.4, -0.2) is 6.21 Å². The minimum atomic E-state index is 0.793. The summed E-state index contributed by atoms with van der Waals surface area (Å²) in [5, 5.41) is 1.02. The Morgan fingerprint density at radius 1 is 1.50 bits per heavy atom. The van der Waals surface area contributed by atoms with Crippen molar-refractivity contribution in [3.05, 3.63) is 29.8 Å². The molecule has 1 aromatic rings. The van der Waals surface area contributed by atoms with Crippen LogP contribution in [0.1, 0.15) is 32.3 Å². The van der Waals surface area contributed by atoms with E-state index in [9.17, 15) is 0 Å². The molecule has 1 unspecified atom stereocenters. The summed E-state index contributed by atoms with van der Waals surface area (Å²) in [4.78, 5) is 4.46. The van der Waals surface area contributed by atoms with Gasteiger partial charge in [0.05, 0.1) is 5.70 Å². The van der Waals surface area contributed by atoms with Crippen LogP contribution in [0.25, 0.3) is 5.70 Å². The predicted octanol–water partition coefficient (Wildman–Crippen LogP) is 3.00. The minimum absolute atomic E-state index is 0.793. The van der Waals surface area contributed by atoms with Crippen molar-refractivity contribution in [1.29, 1.82) is 0 Å². The Morgan fingerprint density at radius 2 is 2.25 bits per heavy atom. The molecular weight excluding hydrogens is 215 g/mol. The Hall–Kier alpha value is -1.14. The van der Waals surface area contributed by atoms with E-state index in [1.54, 1.807) is 0 Å². The van der Waals surface area contributed by atoms with Gasteiger partial charge in [0.2, 0.25) is 0 Å². The Bertz CT molecular complexity index is 408. The van der Waals surface area contributed by atoms with Crippen LogP contribution in [0.2, 0.25) is 0 Å². The molecule has 0 aromatic heterocycles. The van der Waals surface area contributed by atoms with Crippen LogP contribution in [-0.2, 0) is 0 Å². The van der Waals surface area contributed by atoms with Gasteiger partial charge in [0, 0.05) is 17.5 Å². The van der Waals surface area contributed by atoms with Gasteiger partial charge in [0.25, 0.3) is 0 Å². The summed E-state index contributed by atoms with van der Waals surface area (Å²) in [6.45, 7) is 4.14. The first-order chi connectivity index (χ1) is 7.69. The standard InChI is InChI=1S/C13H19N2P/c1-3-5-8-15-12(4-2)10-6-7-11(14)13(16)9-10/h4,6-9H,3,5,14,16H2,1-2H3/b12-4-,15-8-. The number of rotatable bonds is 4. The van der Waals surface area contributed by atoms with Crippen molar-refractivity contribution in [3.63, 3.8) is 0 Å². The van der Waals surface area contributed by atoms with E-state index >= 15 is 0 Å². The molecular formula is C13H19N2P. The zero-order valence-electron chi connectivity index (χ0n) is 9.90. The molecule has 0 aliphatic rings. The third-order valence-electron chi connectivity index (χ3n) is 2.30. The molecule has 86 valence electrons. The molecule has 1 atom stereocenters. The third kappa shape index (κ3) is 3.46. The highest BCUT2D eigenvalue weighted by Gasteiger charge is 2.00. The third-order valence-corrected chi connectivity index (χ3v) is 2.80. The quantitative estimate of drug-likeness (QED) is 0.485. The van der Waals surface area contributed by atoms with Crippen LogP contribution in [0.3, 0.4) is 0 Å². The normalized spacial score (nSPS) is 12.3. The predicted molar refractivity (Wildman–Crippen MR) is 77.2 cm³/mol. The van der Waals surface area contributed by atoms with Crippen LogP contribution in [0.15, 0.2) is 29.3 Å². The van der Waals surface area contributed by atoms with Crippen molar-refractivity contribution in [2.24, 2.45) is 4.99 Å². The Balaban J connectivity index is 2.92. The lowest BCUT2D eigenvalue weighted by atomic mass is 10.1. The summed E-state index contributed by atoms with van der Waals surface area (Å²) in [5.41, 5.74) is 8.67. The van der Waals surface area contributed by atoms with Gasteiger partial charge in [-0.1, -0.05) is 25.5 Å². The Labute approximate surface area is 99.9 Å². The second-order valence-electron chi connectivity index (χ2n) is 3.62. The number of nitrogens with zero attached hydrogens (tertiary/aromatic N) is 1. The lowest BCUT2D eigenvalue weighted by Gasteiger charge is -2.05. The van der Waals surface area contributed by atoms with Crippen LogP contribution in [0.5, 0.6) is 0 Å². The van der Waals surface area contributed by atoms with E-state index < -0.39 is 0 Å². The van der Waals surface area contributed by atoms with Crippen LogP contribution >= 0.6 is 9.24 Å². The molecule has 3 heteroatoms. The molecule has 0 heterocycles. The highest BCUT2D eigenvalue weighted by molar-refractivity contribution is 7.28. The van der Waals surface area contributed by atoms with Gasteiger partial charge in [-0.2, -0.15) is 0 Å². The average molecular weight is 234 g/mol. The molecule has 1 aromatic carbocycles. The molecule has 0 aliphatic carbocycles. The molecule has 0 radical (unpaired) electrons. The Morgan fingerprint density at radius 3 is 2.81 bits per heavy atom. The summed E-state index contributed by atoms with van der Waals surface area (Å²) in [7, 11) is 2.64. The molecule has 2 nitrogen and oxygen atoms in total. The molecule has 1 rings (SSSR count). The lowest BCUT2D eigenvalue weighted by Crippen LogP contribution is -2.01. The second kappa shape index (κ2) is 6.44. The van der Waals surface area contributed by atoms with Crippen molar-refractivity contribution in [3.8, 4) is 0 Å². The van der Waals surface area contributed by atoms with E-state index in [0.717, 1.165) is 35.1 Å². The minimum Gasteiger partial charge on any atom is -0.398 e. The van der Waals surface area contributed by atoms with E-state index in [1.165, 1.54) is 0 Å². The maximum Gasteiger partial charge on any atom is 0.0655 e. The van der Waals surface area contributed by atoms with Crippen molar-refractivity contribution in [2.45, 2.75) is 26.7 Å². The molecule has 0 aliphatic heterocycles. The van der Waals surface area contributed by atoms with Gasteiger partial charge in [-0.15, -0.1) is 9.24 Å². The second-order valence-corrected chi connectivity index (χ2v) is 4.24. The average Bonchev–Trinajstić information content (AvgIpc) is 2.29. The number of benzene rings is 1. The van der Waals surface area contributed by atoms with Crippen LogP contribution in [0, 0.1) is 0 Å². The molecule has 0 fully saturated rings. The van der Waals surface area contributed by atoms with Crippen molar-refractivity contribution in [2.75, 3.05) is 5.73 Å². The van der Waals surface area contributed by atoms with E-state index in [-0.39, 0.29) is 0 Å². The van der Waals surface area contributed by atoms with E-state index in [2.05, 4.69) is 21.2 Å². The van der Waals surface area contributed by atoms with Gasteiger partial charge >= 0.3 is 0 Å². The number of nitrogens with two attached hydrogens (primary N) is 1. The van der Waals surface area contributed by atoms with Gasteiger partial charge in [-0.3, -0.25) is 4.99 Å². The van der Waals surface area contributed by atoms with Gasteiger partial charge in [-0.05, 0) is 30.8 Å². The van der Waals surface area contributed by atoms with Crippen molar-refractivity contribution in [1.82, 2.24) is 0 Å². The fraction of sp³-hybridized carbons (Fsp3) is 0.308. The van der Waals surface area contributed by atoms with E-state index in [0.29, 0.717) is 0 Å². The monoisotopic (exact) mass is 234 g/mol. The number of anilines is 1. The summed E-state index contributed by atoms with van der Waals surface area (Å²) in [6.07, 6.45) is 6.12. The Kier molecular flexibility index (Phi) is 5.21. The summed E-state index contributed by atoms with van der Waals surface area (Å²) in [6, 6.07) is 5.95. The lowest BCUT2D eigenvalue weighted by molar-refractivity contribution is 1.01. The maximum atomic E-state index is 5.77. The molecule has 0 amide bonds. The van der Waals surface area contributed by atoms with Crippen LogP contribution < -0.4 is 11.0 Å². The smallest absolute Gasteiger partial charge is 0.0655 e.